The molecule has 0 aromatic heterocycles. The summed E-state index contributed by atoms with van der Waals surface area (Å²) in [6.07, 6.45) is 0.950. The van der Waals surface area contributed by atoms with Crippen LogP contribution in [-0.2, 0) is 14.9 Å². The van der Waals surface area contributed by atoms with Crippen LogP contribution >= 0.6 is 0 Å². The molecule has 0 aliphatic heterocycles. The second-order valence-electron chi connectivity index (χ2n) is 3.72. The molecule has 0 aromatic carbocycles. The average molecular weight is 252 g/mol. The van der Waals surface area contributed by atoms with Gasteiger partial charge in [-0.3, -0.25) is 0 Å². The maximum atomic E-state index is 11.4. The molecule has 0 saturated heterocycles. The monoisotopic (exact) mass is 252 g/mol. The first-order valence-corrected chi connectivity index (χ1v) is 6.51. The summed E-state index contributed by atoms with van der Waals surface area (Å²) in [6, 6.07) is 0. The quantitative estimate of drug-likeness (QED) is 0.610. The second-order valence-corrected chi connectivity index (χ2v) is 5.14. The Balaban J connectivity index is 2.54. The number of hydrogen-bond acceptors (Lipinski definition) is 5. The van der Waals surface area contributed by atoms with Gasteiger partial charge in [-0.05, 0) is 26.2 Å². The fourth-order valence-electron chi connectivity index (χ4n) is 1.48. The lowest BCUT2D eigenvalue weighted by molar-refractivity contribution is 0.110. The van der Waals surface area contributed by atoms with E-state index >= 15 is 0 Å². The summed E-state index contributed by atoms with van der Waals surface area (Å²) in [5, 5.41) is 9.07. The summed E-state index contributed by atoms with van der Waals surface area (Å²) in [6.45, 7) is 1.38. The maximum Gasteiger partial charge on any atom is 0.421 e. The third-order valence-corrected chi connectivity index (χ3v) is 3.59. The molecule has 0 heterocycles. The zero-order valence-corrected chi connectivity index (χ0v) is 9.84. The lowest BCUT2D eigenvalue weighted by Gasteiger charge is -2.40. The topological polar surface area (TPSA) is 105 Å². The number of hydrogen-bond donors (Lipinski definition) is 3. The lowest BCUT2D eigenvalue weighted by Crippen LogP contribution is -2.59. The highest BCUT2D eigenvalue weighted by Crippen LogP contribution is 2.31. The first kappa shape index (κ1) is 13.2. The summed E-state index contributed by atoms with van der Waals surface area (Å²) in [5.74, 6) is 0. The Kier molecular flexibility index (Phi) is 4.11. The third kappa shape index (κ3) is 3.32. The van der Waals surface area contributed by atoms with E-state index in [9.17, 15) is 13.2 Å². The van der Waals surface area contributed by atoms with Gasteiger partial charge in [0.2, 0.25) is 0 Å². The molecule has 0 aromatic rings. The van der Waals surface area contributed by atoms with Crippen LogP contribution in [0.25, 0.3) is 0 Å². The van der Waals surface area contributed by atoms with Crippen molar-refractivity contribution in [2.45, 2.75) is 31.7 Å². The number of carbonyl (C=O) groups is 1. The van der Waals surface area contributed by atoms with Crippen LogP contribution in [0.4, 0.5) is 4.79 Å². The molecule has 0 spiro atoms. The first-order chi connectivity index (χ1) is 7.43. The van der Waals surface area contributed by atoms with Crippen LogP contribution in [-0.4, -0.2) is 38.4 Å². The number of carbonyl (C=O) groups excluding carboxylic acids is 1. The largest absolute Gasteiger partial charge is 0.449 e. The Bertz CT molecular complexity index is 344. The molecule has 7 nitrogen and oxygen atoms in total. The van der Waals surface area contributed by atoms with Crippen LogP contribution in [0, 0.1) is 0 Å². The molecule has 1 saturated carbocycles. The van der Waals surface area contributed by atoms with E-state index in [1.54, 1.807) is 11.6 Å². The number of nitrogens with one attached hydrogen (secondary N) is 2. The van der Waals surface area contributed by atoms with Crippen molar-refractivity contribution < 1.29 is 23.1 Å². The van der Waals surface area contributed by atoms with Crippen LogP contribution in [0.3, 0.4) is 0 Å². The fraction of sp³-hybridized carbons (Fsp3) is 0.875. The van der Waals surface area contributed by atoms with Crippen LogP contribution in [0.5, 0.6) is 0 Å². The molecule has 1 aliphatic carbocycles. The smallest absolute Gasteiger partial charge is 0.421 e. The fourth-order valence-corrected chi connectivity index (χ4v) is 2.64. The molecule has 3 N–H and O–H groups in total. The average Bonchev–Trinajstić information content (AvgIpc) is 2.11. The van der Waals surface area contributed by atoms with Gasteiger partial charge in [-0.1, -0.05) is 0 Å². The second kappa shape index (κ2) is 4.98. The molecule has 1 rings (SSSR count). The van der Waals surface area contributed by atoms with E-state index in [4.69, 9.17) is 5.11 Å². The van der Waals surface area contributed by atoms with E-state index in [1.165, 1.54) is 0 Å². The molecule has 1 amide bonds. The van der Waals surface area contributed by atoms with Gasteiger partial charge < -0.3 is 9.84 Å². The Morgan fingerprint density at radius 2 is 2.12 bits per heavy atom. The van der Waals surface area contributed by atoms with Gasteiger partial charge in [-0.2, -0.15) is 13.1 Å². The van der Waals surface area contributed by atoms with E-state index < -0.39 is 21.8 Å². The molecule has 0 unspecified atom stereocenters. The lowest BCUT2D eigenvalue weighted by atomic mass is 9.78. The Hall–Kier alpha value is -0.860. The van der Waals surface area contributed by atoms with Gasteiger partial charge in [0.15, 0.2) is 0 Å². The minimum Gasteiger partial charge on any atom is -0.449 e. The Morgan fingerprint density at radius 1 is 1.50 bits per heavy atom. The van der Waals surface area contributed by atoms with E-state index in [2.05, 4.69) is 9.46 Å². The minimum absolute atomic E-state index is 0.0898. The Morgan fingerprint density at radius 3 is 2.50 bits per heavy atom. The van der Waals surface area contributed by atoms with Crippen molar-refractivity contribution in [1.29, 1.82) is 0 Å². The first-order valence-electron chi connectivity index (χ1n) is 5.02. The molecule has 94 valence electrons. The summed E-state index contributed by atoms with van der Waals surface area (Å²) < 4.78 is 31.3. The van der Waals surface area contributed by atoms with Crippen molar-refractivity contribution in [2.75, 3.05) is 13.2 Å². The van der Waals surface area contributed by atoms with E-state index in [0.29, 0.717) is 12.8 Å². The van der Waals surface area contributed by atoms with Crippen LogP contribution in [0.15, 0.2) is 0 Å². The van der Waals surface area contributed by atoms with Crippen molar-refractivity contribution in [3.63, 3.8) is 0 Å². The molecular formula is C8H16N2O5S. The van der Waals surface area contributed by atoms with Crippen molar-refractivity contribution in [1.82, 2.24) is 9.44 Å². The normalized spacial score (nSPS) is 18.6. The standard InChI is InChI=1S/C8H16N2O5S/c1-2-15-7(12)9-16(13,14)10-8(6-11)4-3-5-8/h10-11H,2-6H2,1H3,(H,9,12). The van der Waals surface area contributed by atoms with Gasteiger partial charge in [0.25, 0.3) is 0 Å². The molecule has 1 fully saturated rings. The maximum absolute atomic E-state index is 11.4. The molecular weight excluding hydrogens is 236 g/mol. The molecule has 8 heteroatoms. The van der Waals surface area contributed by atoms with E-state index in [0.717, 1.165) is 6.42 Å². The third-order valence-electron chi connectivity index (χ3n) is 2.46. The van der Waals surface area contributed by atoms with Crippen molar-refractivity contribution in [3.05, 3.63) is 0 Å². The summed E-state index contributed by atoms with van der Waals surface area (Å²) in [5.41, 5.74) is -0.821. The number of aliphatic hydroxyl groups excluding tert-OH is 1. The summed E-state index contributed by atoms with van der Waals surface area (Å²) in [7, 11) is -3.97. The zero-order chi connectivity index (χ0) is 12.2. The number of amides is 1. The predicted molar refractivity (Wildman–Crippen MR) is 55.9 cm³/mol. The summed E-state index contributed by atoms with van der Waals surface area (Å²) in [4.78, 5) is 10.9. The van der Waals surface area contributed by atoms with Gasteiger partial charge in [0, 0.05) is 0 Å². The highest BCUT2D eigenvalue weighted by Gasteiger charge is 2.40. The van der Waals surface area contributed by atoms with Gasteiger partial charge in [-0.25, -0.2) is 9.52 Å². The molecule has 0 radical (unpaired) electrons. The van der Waals surface area contributed by atoms with Crippen LogP contribution < -0.4 is 9.44 Å². The van der Waals surface area contributed by atoms with E-state index in [-0.39, 0.29) is 13.2 Å². The van der Waals surface area contributed by atoms with Gasteiger partial charge in [0.05, 0.1) is 18.8 Å². The highest BCUT2D eigenvalue weighted by atomic mass is 32.2. The van der Waals surface area contributed by atoms with Crippen molar-refractivity contribution in [2.24, 2.45) is 0 Å². The predicted octanol–water partition coefficient (Wildman–Crippen LogP) is -0.518. The van der Waals surface area contributed by atoms with E-state index in [1.807, 2.05) is 0 Å². The van der Waals surface area contributed by atoms with Crippen molar-refractivity contribution >= 4 is 16.3 Å². The summed E-state index contributed by atoms with van der Waals surface area (Å²) >= 11 is 0. The number of ether oxygens (including phenoxy) is 1. The van der Waals surface area contributed by atoms with Crippen LogP contribution in [0.2, 0.25) is 0 Å². The molecule has 1 aliphatic rings. The SMILES string of the molecule is CCOC(=O)NS(=O)(=O)NC1(CO)CCC1. The van der Waals surface area contributed by atoms with Gasteiger partial charge in [0.1, 0.15) is 0 Å². The molecule has 0 bridgehead atoms. The number of aliphatic hydroxyl groups is 1. The highest BCUT2D eigenvalue weighted by molar-refractivity contribution is 7.88. The zero-order valence-electron chi connectivity index (χ0n) is 9.02. The Labute approximate surface area is 94.4 Å². The number of rotatable bonds is 5. The van der Waals surface area contributed by atoms with Gasteiger partial charge in [-0.15, -0.1) is 0 Å². The van der Waals surface area contributed by atoms with Crippen LogP contribution in [0.1, 0.15) is 26.2 Å². The van der Waals surface area contributed by atoms with Gasteiger partial charge >= 0.3 is 16.3 Å². The molecule has 16 heavy (non-hydrogen) atoms. The minimum atomic E-state index is -3.97. The molecule has 0 atom stereocenters. The van der Waals surface area contributed by atoms with Crippen molar-refractivity contribution in [3.8, 4) is 0 Å².